The quantitative estimate of drug-likeness (QED) is 0.870. The summed E-state index contributed by atoms with van der Waals surface area (Å²) < 4.78 is 0. The molecule has 3 fully saturated rings. The molecule has 3 heterocycles. The zero-order chi connectivity index (χ0) is 19.0. The topological polar surface area (TPSA) is 77.0 Å². The average Bonchev–Trinajstić information content (AvgIpc) is 3.08. The van der Waals surface area contributed by atoms with Gasteiger partial charge in [-0.05, 0) is 44.4 Å². The van der Waals surface area contributed by atoms with Gasteiger partial charge < -0.3 is 19.8 Å². The monoisotopic (exact) mass is 372 g/mol. The van der Waals surface area contributed by atoms with Gasteiger partial charge in [0.05, 0.1) is 0 Å². The van der Waals surface area contributed by atoms with Gasteiger partial charge in [0.15, 0.2) is 0 Å². The number of aromatic nitrogens is 1. The second kappa shape index (κ2) is 7.46. The molecule has 1 N–H and O–H groups in total. The highest BCUT2D eigenvalue weighted by molar-refractivity contribution is 5.97. The van der Waals surface area contributed by atoms with Crippen molar-refractivity contribution in [2.24, 2.45) is 5.92 Å². The molecule has 7 nitrogen and oxygen atoms in total. The van der Waals surface area contributed by atoms with Gasteiger partial charge in [-0.25, -0.2) is 9.78 Å². The van der Waals surface area contributed by atoms with E-state index < -0.39 is 12.0 Å². The van der Waals surface area contributed by atoms with Crippen LogP contribution in [0.4, 0.5) is 5.82 Å². The molecule has 3 aliphatic rings. The molecule has 1 saturated carbocycles. The summed E-state index contributed by atoms with van der Waals surface area (Å²) in [6, 6.07) is 2.91. The average molecular weight is 372 g/mol. The summed E-state index contributed by atoms with van der Waals surface area (Å²) in [6.07, 6.45) is 6.41. The van der Waals surface area contributed by atoms with Crippen molar-refractivity contribution in [3.63, 3.8) is 0 Å². The van der Waals surface area contributed by atoms with Crippen LogP contribution in [0, 0.1) is 5.92 Å². The number of rotatable bonds is 3. The van der Waals surface area contributed by atoms with Gasteiger partial charge in [-0.2, -0.15) is 0 Å². The first-order valence-electron chi connectivity index (χ1n) is 9.99. The molecule has 1 amide bonds. The van der Waals surface area contributed by atoms with Gasteiger partial charge in [0.2, 0.25) is 0 Å². The highest BCUT2D eigenvalue weighted by Crippen LogP contribution is 2.40. The number of hydrogen-bond donors (Lipinski definition) is 1. The molecule has 2 aliphatic heterocycles. The van der Waals surface area contributed by atoms with Gasteiger partial charge >= 0.3 is 5.97 Å². The largest absolute Gasteiger partial charge is 0.480 e. The van der Waals surface area contributed by atoms with Crippen molar-refractivity contribution in [2.45, 2.75) is 44.2 Å². The Kier molecular flexibility index (Phi) is 5.04. The van der Waals surface area contributed by atoms with Crippen molar-refractivity contribution >= 4 is 17.7 Å². The molecular formula is C20H28N4O3. The number of carboxylic acid groups (broad SMARTS) is 1. The lowest BCUT2D eigenvalue weighted by Crippen LogP contribution is -2.46. The first kappa shape index (κ1) is 18.2. The van der Waals surface area contributed by atoms with Gasteiger partial charge in [0, 0.05) is 44.0 Å². The number of carbonyl (C=O) groups excluding carboxylic acids is 1. The van der Waals surface area contributed by atoms with E-state index in [4.69, 9.17) is 0 Å². The van der Waals surface area contributed by atoms with Crippen LogP contribution in [0.1, 0.15) is 42.5 Å². The van der Waals surface area contributed by atoms with Crippen molar-refractivity contribution in [1.29, 1.82) is 0 Å². The van der Waals surface area contributed by atoms with Crippen LogP contribution in [0.5, 0.6) is 0 Å². The van der Waals surface area contributed by atoms with E-state index in [0.29, 0.717) is 17.9 Å². The van der Waals surface area contributed by atoms with Gasteiger partial charge in [0.1, 0.15) is 11.9 Å². The van der Waals surface area contributed by atoms with E-state index in [1.807, 2.05) is 6.07 Å². The second-order valence-corrected chi connectivity index (χ2v) is 8.11. The van der Waals surface area contributed by atoms with Crippen molar-refractivity contribution in [1.82, 2.24) is 14.8 Å². The van der Waals surface area contributed by atoms with E-state index in [1.165, 1.54) is 0 Å². The minimum atomic E-state index is -0.883. The zero-order valence-corrected chi connectivity index (χ0v) is 15.9. The van der Waals surface area contributed by atoms with Crippen molar-refractivity contribution in [3.05, 3.63) is 23.9 Å². The molecule has 0 aromatic carbocycles. The highest BCUT2D eigenvalue weighted by Gasteiger charge is 2.47. The summed E-state index contributed by atoms with van der Waals surface area (Å²) in [5, 5.41) is 9.69. The fraction of sp³-hybridized carbons (Fsp3) is 0.650. The Labute approximate surface area is 160 Å². The Morgan fingerprint density at radius 3 is 2.63 bits per heavy atom. The Morgan fingerprint density at radius 2 is 1.89 bits per heavy atom. The van der Waals surface area contributed by atoms with Crippen LogP contribution < -0.4 is 4.90 Å². The Balaban J connectivity index is 1.57. The molecule has 2 saturated heterocycles. The van der Waals surface area contributed by atoms with E-state index in [1.54, 1.807) is 17.2 Å². The number of likely N-dealkylation sites (N-methyl/N-ethyl adjacent to an activating group) is 1. The fourth-order valence-corrected chi connectivity index (χ4v) is 4.88. The summed E-state index contributed by atoms with van der Waals surface area (Å²) in [6.45, 7) is 3.70. The molecule has 3 unspecified atom stereocenters. The molecule has 4 rings (SSSR count). The van der Waals surface area contributed by atoms with E-state index in [-0.39, 0.29) is 11.9 Å². The maximum absolute atomic E-state index is 13.3. The lowest BCUT2D eigenvalue weighted by molar-refractivity contribution is -0.141. The summed E-state index contributed by atoms with van der Waals surface area (Å²) in [7, 11) is 2.10. The maximum Gasteiger partial charge on any atom is 0.326 e. The van der Waals surface area contributed by atoms with Crippen molar-refractivity contribution < 1.29 is 14.7 Å². The fourth-order valence-electron chi connectivity index (χ4n) is 4.88. The first-order valence-corrected chi connectivity index (χ1v) is 9.99. The lowest BCUT2D eigenvalue weighted by atomic mass is 9.84. The number of nitrogens with zero attached hydrogens (tertiary/aromatic N) is 4. The predicted octanol–water partition coefficient (Wildman–Crippen LogP) is 1.69. The predicted molar refractivity (Wildman–Crippen MR) is 102 cm³/mol. The molecule has 3 atom stereocenters. The summed E-state index contributed by atoms with van der Waals surface area (Å²) in [4.78, 5) is 35.7. The van der Waals surface area contributed by atoms with Gasteiger partial charge in [-0.3, -0.25) is 4.79 Å². The van der Waals surface area contributed by atoms with Crippen LogP contribution in [-0.2, 0) is 4.79 Å². The number of piperazine rings is 1. The van der Waals surface area contributed by atoms with Gasteiger partial charge in [-0.1, -0.05) is 12.8 Å². The number of amides is 1. The van der Waals surface area contributed by atoms with Crippen LogP contribution >= 0.6 is 0 Å². The second-order valence-electron chi connectivity index (χ2n) is 8.11. The normalized spacial score (nSPS) is 28.9. The van der Waals surface area contributed by atoms with Crippen LogP contribution in [0.3, 0.4) is 0 Å². The number of carboxylic acids is 1. The molecule has 1 aromatic heterocycles. The lowest BCUT2D eigenvalue weighted by Gasteiger charge is -2.34. The highest BCUT2D eigenvalue weighted by atomic mass is 16.4. The minimum Gasteiger partial charge on any atom is -0.480 e. The molecule has 27 heavy (non-hydrogen) atoms. The molecule has 0 bridgehead atoms. The van der Waals surface area contributed by atoms with Crippen LogP contribution in [-0.4, -0.2) is 77.1 Å². The number of carbonyl (C=O) groups is 2. The standard InChI is InChI=1S/C20H28N4O3/c1-22-8-10-23(11-9-22)18-13-15(6-7-21-18)19(25)24-16-5-3-2-4-14(16)12-17(24)20(26)27/h6-7,13-14,16-17H,2-5,8-12H2,1H3,(H,26,27). The third-order valence-electron chi connectivity index (χ3n) is 6.43. The summed E-state index contributed by atoms with van der Waals surface area (Å²) >= 11 is 0. The van der Waals surface area contributed by atoms with Crippen molar-refractivity contribution in [2.75, 3.05) is 38.1 Å². The molecule has 1 aliphatic carbocycles. The SMILES string of the molecule is CN1CCN(c2cc(C(=O)N3C(C(=O)O)CC4CCCCC43)ccn2)CC1. The number of pyridine rings is 1. The zero-order valence-electron chi connectivity index (χ0n) is 15.9. The number of fused-ring (bicyclic) bond motifs is 1. The van der Waals surface area contributed by atoms with Crippen LogP contribution in [0.25, 0.3) is 0 Å². The molecule has 0 radical (unpaired) electrons. The van der Waals surface area contributed by atoms with E-state index in [9.17, 15) is 14.7 Å². The smallest absolute Gasteiger partial charge is 0.326 e. The van der Waals surface area contributed by atoms with E-state index >= 15 is 0 Å². The first-order chi connectivity index (χ1) is 13.0. The minimum absolute atomic E-state index is 0.0626. The third kappa shape index (κ3) is 3.52. The third-order valence-corrected chi connectivity index (χ3v) is 6.43. The molecule has 146 valence electrons. The van der Waals surface area contributed by atoms with Crippen LogP contribution in [0.2, 0.25) is 0 Å². The van der Waals surface area contributed by atoms with Crippen molar-refractivity contribution in [3.8, 4) is 0 Å². The maximum atomic E-state index is 13.3. The van der Waals surface area contributed by atoms with Gasteiger partial charge in [-0.15, -0.1) is 0 Å². The molecule has 1 aromatic rings. The molecular weight excluding hydrogens is 344 g/mol. The van der Waals surface area contributed by atoms with Crippen LogP contribution in [0.15, 0.2) is 18.3 Å². The summed E-state index contributed by atoms with van der Waals surface area (Å²) in [5.74, 6) is 0.0867. The summed E-state index contributed by atoms with van der Waals surface area (Å²) in [5.41, 5.74) is 0.552. The number of likely N-dealkylation sites (tertiary alicyclic amines) is 1. The number of hydrogen-bond acceptors (Lipinski definition) is 5. The van der Waals surface area contributed by atoms with Gasteiger partial charge in [0.25, 0.3) is 5.91 Å². The number of anilines is 1. The van der Waals surface area contributed by atoms with E-state index in [2.05, 4.69) is 21.8 Å². The Morgan fingerprint density at radius 1 is 1.15 bits per heavy atom. The number of aliphatic carboxylic acids is 1. The Hall–Kier alpha value is -2.15. The molecule has 7 heteroatoms. The Bertz CT molecular complexity index is 717. The molecule has 0 spiro atoms. The van der Waals surface area contributed by atoms with E-state index in [0.717, 1.165) is 57.7 Å².